The van der Waals surface area contributed by atoms with Gasteiger partial charge in [0.05, 0.1) is 18.8 Å². The van der Waals surface area contributed by atoms with Gasteiger partial charge >= 0.3 is 11.9 Å². The summed E-state index contributed by atoms with van der Waals surface area (Å²) in [6.07, 6.45) is 6.65. The highest BCUT2D eigenvalue weighted by atomic mass is 16.7. The number of unbranched alkanes of at least 4 members (excludes halogenated alkanes) is 3. The molecular formula is C34H40O7. The van der Waals surface area contributed by atoms with E-state index in [1.165, 1.54) is 11.1 Å². The van der Waals surface area contributed by atoms with Crippen LogP contribution in [0.5, 0.6) is 17.2 Å². The summed E-state index contributed by atoms with van der Waals surface area (Å²) in [7, 11) is 1.55. The first kappa shape index (κ1) is 32.8. The van der Waals surface area contributed by atoms with Crippen LogP contribution in [0.15, 0.2) is 86.0 Å². The van der Waals surface area contributed by atoms with Crippen LogP contribution < -0.4 is 14.2 Å². The van der Waals surface area contributed by atoms with Crippen molar-refractivity contribution in [1.82, 2.24) is 0 Å². The van der Waals surface area contributed by atoms with E-state index in [2.05, 4.69) is 44.3 Å². The van der Waals surface area contributed by atoms with Gasteiger partial charge in [-0.2, -0.15) is 0 Å². The third-order valence-electron chi connectivity index (χ3n) is 5.81. The first-order chi connectivity index (χ1) is 19.9. The van der Waals surface area contributed by atoms with Crippen LogP contribution in [-0.4, -0.2) is 39.1 Å². The number of esters is 2. The molecule has 0 N–H and O–H groups in total. The van der Waals surface area contributed by atoms with Crippen LogP contribution in [0, 0.1) is 13.8 Å². The molecule has 0 atom stereocenters. The van der Waals surface area contributed by atoms with Crippen molar-refractivity contribution < 1.29 is 33.3 Å². The molecule has 0 aromatic heterocycles. The summed E-state index contributed by atoms with van der Waals surface area (Å²) in [6, 6.07) is 20.3. The van der Waals surface area contributed by atoms with Gasteiger partial charge in [0.2, 0.25) is 0 Å². The lowest BCUT2D eigenvalue weighted by atomic mass is 10.2. The molecule has 0 saturated carbocycles. The minimum absolute atomic E-state index is 0.154. The molecule has 0 aliphatic carbocycles. The fourth-order valence-corrected chi connectivity index (χ4v) is 3.50. The Morgan fingerprint density at radius 3 is 2.05 bits per heavy atom. The van der Waals surface area contributed by atoms with Crippen molar-refractivity contribution in [3.8, 4) is 17.2 Å². The predicted molar refractivity (Wildman–Crippen MR) is 161 cm³/mol. The topological polar surface area (TPSA) is 80.3 Å². The van der Waals surface area contributed by atoms with Gasteiger partial charge in [0.25, 0.3) is 0 Å². The Labute approximate surface area is 243 Å². The van der Waals surface area contributed by atoms with E-state index in [0.717, 1.165) is 37.3 Å². The van der Waals surface area contributed by atoms with Gasteiger partial charge in [0.15, 0.2) is 6.79 Å². The summed E-state index contributed by atoms with van der Waals surface area (Å²) >= 11 is 0. The van der Waals surface area contributed by atoms with Gasteiger partial charge < -0.3 is 23.7 Å². The molecule has 0 amide bonds. The van der Waals surface area contributed by atoms with Crippen molar-refractivity contribution in [2.45, 2.75) is 39.5 Å². The van der Waals surface area contributed by atoms with Gasteiger partial charge in [-0.1, -0.05) is 49.1 Å². The molecule has 0 heterocycles. The number of ether oxygens (including phenoxy) is 5. The van der Waals surface area contributed by atoms with E-state index in [-0.39, 0.29) is 12.8 Å². The number of hydrogen-bond donors (Lipinski definition) is 0. The van der Waals surface area contributed by atoms with Crippen molar-refractivity contribution in [3.63, 3.8) is 0 Å². The fraction of sp³-hybridized carbons (Fsp3) is 0.294. The van der Waals surface area contributed by atoms with Gasteiger partial charge in [0, 0.05) is 13.2 Å². The second-order valence-corrected chi connectivity index (χ2v) is 9.14. The lowest BCUT2D eigenvalue weighted by Gasteiger charge is -2.10. The summed E-state index contributed by atoms with van der Waals surface area (Å²) in [5.41, 5.74) is 3.75. The maximum absolute atomic E-state index is 12.4. The lowest BCUT2D eigenvalue weighted by Crippen LogP contribution is -2.09. The molecule has 3 aromatic carbocycles. The first-order valence-electron chi connectivity index (χ1n) is 13.5. The predicted octanol–water partition coefficient (Wildman–Crippen LogP) is 7.50. The monoisotopic (exact) mass is 560 g/mol. The molecule has 0 aliphatic heterocycles. The van der Waals surface area contributed by atoms with Gasteiger partial charge in [-0.05, 0) is 93.1 Å². The Morgan fingerprint density at radius 2 is 1.44 bits per heavy atom. The molecule has 7 heteroatoms. The Kier molecular flexibility index (Phi) is 15.1. The van der Waals surface area contributed by atoms with E-state index < -0.39 is 5.97 Å². The molecule has 41 heavy (non-hydrogen) atoms. The SMILES string of the molecule is C=CC(=O)OCCCCCCOc1ccc(C(=O)Oc2ccc(OCOC)c(C)c2)cc1.C=Cc1ccc(C)cc1. The average Bonchev–Trinajstić information content (AvgIpc) is 2.99. The standard InChI is InChI=1S/C25H30O7.C9H10/c1-4-24(26)30-16-8-6-5-7-15-29-21-11-9-20(10-12-21)25(27)32-22-13-14-23(19(2)17-22)31-18-28-3;1-3-9-6-4-8(2)5-7-9/h4,9-14,17H,1,5-8,15-16,18H2,2-3H3;3-7H,1H2,2H3. The summed E-state index contributed by atoms with van der Waals surface area (Å²) in [6.45, 7) is 12.1. The minimum Gasteiger partial charge on any atom is -0.494 e. The summed E-state index contributed by atoms with van der Waals surface area (Å²) < 4.78 is 26.4. The molecule has 0 unspecified atom stereocenters. The zero-order chi connectivity index (χ0) is 29.9. The molecule has 218 valence electrons. The third kappa shape index (κ3) is 13.0. The second kappa shape index (κ2) is 18.8. The van der Waals surface area contributed by atoms with Crippen LogP contribution in [0.1, 0.15) is 52.7 Å². The summed E-state index contributed by atoms with van der Waals surface area (Å²) in [5.74, 6) is 0.970. The Hall–Kier alpha value is -4.36. The summed E-state index contributed by atoms with van der Waals surface area (Å²) in [4.78, 5) is 23.3. The number of benzene rings is 3. The maximum atomic E-state index is 12.4. The first-order valence-corrected chi connectivity index (χ1v) is 13.5. The average molecular weight is 561 g/mol. The highest BCUT2D eigenvalue weighted by Gasteiger charge is 2.10. The van der Waals surface area contributed by atoms with E-state index in [1.807, 2.05) is 13.0 Å². The number of methoxy groups -OCH3 is 1. The van der Waals surface area contributed by atoms with Crippen molar-refractivity contribution in [2.75, 3.05) is 27.1 Å². The van der Waals surface area contributed by atoms with E-state index >= 15 is 0 Å². The van der Waals surface area contributed by atoms with Crippen molar-refractivity contribution >= 4 is 18.0 Å². The number of aryl methyl sites for hydroxylation is 2. The van der Waals surface area contributed by atoms with Crippen molar-refractivity contribution in [1.29, 1.82) is 0 Å². The maximum Gasteiger partial charge on any atom is 0.343 e. The molecular weight excluding hydrogens is 520 g/mol. The molecule has 0 fully saturated rings. The molecule has 3 aromatic rings. The van der Waals surface area contributed by atoms with E-state index in [1.54, 1.807) is 49.6 Å². The molecule has 0 aliphatic rings. The molecule has 0 radical (unpaired) electrons. The van der Waals surface area contributed by atoms with Gasteiger partial charge in [0.1, 0.15) is 17.2 Å². The quantitative estimate of drug-likeness (QED) is 0.0626. The van der Waals surface area contributed by atoms with Gasteiger partial charge in [-0.3, -0.25) is 0 Å². The highest BCUT2D eigenvalue weighted by Crippen LogP contribution is 2.24. The Morgan fingerprint density at radius 1 is 0.780 bits per heavy atom. The normalized spacial score (nSPS) is 10.0. The molecule has 0 saturated heterocycles. The van der Waals surface area contributed by atoms with E-state index in [0.29, 0.717) is 36.0 Å². The smallest absolute Gasteiger partial charge is 0.343 e. The minimum atomic E-state index is -0.446. The van der Waals surface area contributed by atoms with Gasteiger partial charge in [-0.25, -0.2) is 9.59 Å². The Balaban J connectivity index is 0.000000553. The Bertz CT molecular complexity index is 1230. The summed E-state index contributed by atoms with van der Waals surface area (Å²) in [5, 5.41) is 0. The van der Waals surface area contributed by atoms with E-state index in [4.69, 9.17) is 23.7 Å². The third-order valence-corrected chi connectivity index (χ3v) is 5.81. The molecule has 3 rings (SSSR count). The number of hydrogen-bond acceptors (Lipinski definition) is 7. The fourth-order valence-electron chi connectivity index (χ4n) is 3.50. The van der Waals surface area contributed by atoms with E-state index in [9.17, 15) is 9.59 Å². The van der Waals surface area contributed by atoms with Crippen LogP contribution in [0.4, 0.5) is 0 Å². The van der Waals surface area contributed by atoms with Crippen molar-refractivity contribution in [3.05, 3.63) is 108 Å². The van der Waals surface area contributed by atoms with Crippen LogP contribution in [0.25, 0.3) is 6.08 Å². The van der Waals surface area contributed by atoms with Crippen LogP contribution >= 0.6 is 0 Å². The largest absolute Gasteiger partial charge is 0.494 e. The number of rotatable bonds is 15. The number of carbonyl (C=O) groups is 2. The zero-order valence-corrected chi connectivity index (χ0v) is 24.2. The molecule has 7 nitrogen and oxygen atoms in total. The van der Waals surface area contributed by atoms with Crippen LogP contribution in [-0.2, 0) is 14.3 Å². The molecule has 0 spiro atoms. The number of carbonyl (C=O) groups excluding carboxylic acids is 2. The highest BCUT2D eigenvalue weighted by molar-refractivity contribution is 5.91. The van der Waals surface area contributed by atoms with Crippen LogP contribution in [0.3, 0.4) is 0 Å². The zero-order valence-electron chi connectivity index (χ0n) is 24.2. The molecule has 0 bridgehead atoms. The van der Waals surface area contributed by atoms with Crippen LogP contribution in [0.2, 0.25) is 0 Å². The van der Waals surface area contributed by atoms with Gasteiger partial charge in [-0.15, -0.1) is 0 Å². The lowest BCUT2D eigenvalue weighted by molar-refractivity contribution is -0.137. The van der Waals surface area contributed by atoms with Crippen molar-refractivity contribution in [2.24, 2.45) is 0 Å². The second-order valence-electron chi connectivity index (χ2n) is 9.14.